The van der Waals surface area contributed by atoms with Gasteiger partial charge in [-0.3, -0.25) is 0 Å². The Hall–Kier alpha value is -2.30. The van der Waals surface area contributed by atoms with E-state index in [-0.39, 0.29) is 0 Å². The van der Waals surface area contributed by atoms with Crippen molar-refractivity contribution in [2.24, 2.45) is 5.92 Å². The Kier molecular flexibility index (Phi) is 4.00. The summed E-state index contributed by atoms with van der Waals surface area (Å²) in [6, 6.07) is 8.64. The van der Waals surface area contributed by atoms with Crippen LogP contribution >= 0.6 is 0 Å². The monoisotopic (exact) mass is 323 g/mol. The normalized spacial score (nSPS) is 20.8. The van der Waals surface area contributed by atoms with E-state index in [9.17, 15) is 0 Å². The summed E-state index contributed by atoms with van der Waals surface area (Å²) >= 11 is 0. The van der Waals surface area contributed by atoms with E-state index in [0.717, 1.165) is 49.9 Å². The van der Waals surface area contributed by atoms with Crippen LogP contribution in [0.25, 0.3) is 0 Å². The number of nitrogen functional groups attached to an aromatic ring is 1. The van der Waals surface area contributed by atoms with Gasteiger partial charge in [0.25, 0.3) is 0 Å². The Labute approximate surface area is 143 Å². The molecule has 1 saturated heterocycles. The minimum absolute atomic E-state index is 0.693. The summed E-state index contributed by atoms with van der Waals surface area (Å²) in [5, 5.41) is 0. The van der Waals surface area contributed by atoms with Gasteiger partial charge in [0.05, 0.1) is 0 Å². The lowest BCUT2D eigenvalue weighted by Gasteiger charge is -2.34. The quantitative estimate of drug-likeness (QED) is 0.921. The summed E-state index contributed by atoms with van der Waals surface area (Å²) in [7, 11) is 0. The second-order valence-electron chi connectivity index (χ2n) is 7.07. The second kappa shape index (κ2) is 6.30. The lowest BCUT2D eigenvalue weighted by atomic mass is 9.99. The van der Waals surface area contributed by atoms with E-state index >= 15 is 0 Å². The van der Waals surface area contributed by atoms with Crippen molar-refractivity contribution in [2.75, 3.05) is 35.2 Å². The van der Waals surface area contributed by atoms with Crippen LogP contribution in [0.2, 0.25) is 0 Å². The SMILES string of the molecule is CC1CCCN(c2ncnc(N3CCc4ccccc4C3)c2N)C1. The first-order valence-corrected chi connectivity index (χ1v) is 8.89. The van der Waals surface area contributed by atoms with Gasteiger partial charge in [-0.15, -0.1) is 0 Å². The summed E-state index contributed by atoms with van der Waals surface area (Å²) in [4.78, 5) is 13.6. The van der Waals surface area contributed by atoms with Crippen LogP contribution in [0, 0.1) is 5.92 Å². The molecule has 1 aromatic heterocycles. The Bertz CT molecular complexity index is 729. The lowest BCUT2D eigenvalue weighted by Crippen LogP contribution is -2.36. The van der Waals surface area contributed by atoms with Gasteiger partial charge < -0.3 is 15.5 Å². The number of fused-ring (bicyclic) bond motifs is 1. The second-order valence-corrected chi connectivity index (χ2v) is 7.07. The zero-order valence-electron chi connectivity index (χ0n) is 14.3. The van der Waals surface area contributed by atoms with Gasteiger partial charge in [-0.25, -0.2) is 9.97 Å². The number of rotatable bonds is 2. The third kappa shape index (κ3) is 2.79. The highest BCUT2D eigenvalue weighted by Crippen LogP contribution is 2.33. The number of hydrogen-bond acceptors (Lipinski definition) is 5. The third-order valence-electron chi connectivity index (χ3n) is 5.23. The molecule has 0 bridgehead atoms. The molecule has 1 unspecified atom stereocenters. The van der Waals surface area contributed by atoms with Crippen molar-refractivity contribution in [2.45, 2.75) is 32.7 Å². The van der Waals surface area contributed by atoms with Crippen molar-refractivity contribution >= 4 is 17.3 Å². The first-order chi connectivity index (χ1) is 11.7. The molecule has 0 spiro atoms. The molecule has 5 heteroatoms. The number of hydrogen-bond donors (Lipinski definition) is 1. The first kappa shape index (κ1) is 15.2. The average Bonchev–Trinajstić information content (AvgIpc) is 2.61. The molecular formula is C19H25N5. The minimum atomic E-state index is 0.693. The van der Waals surface area contributed by atoms with Crippen LogP contribution in [0.4, 0.5) is 17.3 Å². The van der Waals surface area contributed by atoms with E-state index in [1.54, 1.807) is 6.33 Å². The molecule has 1 fully saturated rings. The summed E-state index contributed by atoms with van der Waals surface area (Å²) in [5.41, 5.74) is 10.0. The van der Waals surface area contributed by atoms with E-state index in [1.807, 2.05) is 0 Å². The predicted octanol–water partition coefficient (Wildman–Crippen LogP) is 2.86. The van der Waals surface area contributed by atoms with Gasteiger partial charge in [-0.05, 0) is 36.3 Å². The third-order valence-corrected chi connectivity index (χ3v) is 5.23. The van der Waals surface area contributed by atoms with Crippen molar-refractivity contribution in [3.8, 4) is 0 Å². The van der Waals surface area contributed by atoms with Crippen LogP contribution in [0.1, 0.15) is 30.9 Å². The molecule has 2 N–H and O–H groups in total. The molecule has 3 heterocycles. The van der Waals surface area contributed by atoms with Gasteiger partial charge in [0, 0.05) is 26.2 Å². The van der Waals surface area contributed by atoms with Crippen molar-refractivity contribution in [3.63, 3.8) is 0 Å². The fraction of sp³-hybridized carbons (Fsp3) is 0.474. The molecule has 2 aliphatic heterocycles. The molecule has 1 aromatic carbocycles. The van der Waals surface area contributed by atoms with Crippen LogP contribution in [0.3, 0.4) is 0 Å². The molecule has 5 nitrogen and oxygen atoms in total. The van der Waals surface area contributed by atoms with Crippen molar-refractivity contribution < 1.29 is 0 Å². The van der Waals surface area contributed by atoms with Gasteiger partial charge in [-0.2, -0.15) is 0 Å². The summed E-state index contributed by atoms with van der Waals surface area (Å²) < 4.78 is 0. The lowest BCUT2D eigenvalue weighted by molar-refractivity contribution is 0.445. The zero-order valence-corrected chi connectivity index (χ0v) is 14.3. The summed E-state index contributed by atoms with van der Waals surface area (Å²) in [6.45, 7) is 6.19. The van der Waals surface area contributed by atoms with Crippen LogP contribution in [-0.2, 0) is 13.0 Å². The average molecular weight is 323 g/mol. The molecule has 24 heavy (non-hydrogen) atoms. The highest BCUT2D eigenvalue weighted by atomic mass is 15.3. The Morgan fingerprint density at radius 2 is 1.79 bits per heavy atom. The Balaban J connectivity index is 1.62. The smallest absolute Gasteiger partial charge is 0.157 e. The molecule has 0 amide bonds. The van der Waals surface area contributed by atoms with Gasteiger partial charge in [0.15, 0.2) is 11.6 Å². The fourth-order valence-corrected chi connectivity index (χ4v) is 3.94. The highest BCUT2D eigenvalue weighted by Gasteiger charge is 2.24. The molecule has 126 valence electrons. The number of nitrogens with two attached hydrogens (primary N) is 1. The number of aromatic nitrogens is 2. The van der Waals surface area contributed by atoms with Crippen LogP contribution < -0.4 is 15.5 Å². The molecule has 0 saturated carbocycles. The Morgan fingerprint density at radius 3 is 2.58 bits per heavy atom. The molecule has 4 rings (SSSR count). The summed E-state index contributed by atoms with van der Waals surface area (Å²) in [5.74, 6) is 2.48. The summed E-state index contributed by atoms with van der Waals surface area (Å²) in [6.07, 6.45) is 5.20. The van der Waals surface area contributed by atoms with Crippen LogP contribution in [-0.4, -0.2) is 29.6 Å². The van der Waals surface area contributed by atoms with E-state index in [0.29, 0.717) is 5.92 Å². The number of anilines is 3. The number of piperidine rings is 1. The molecular weight excluding hydrogens is 298 g/mol. The topological polar surface area (TPSA) is 58.3 Å². The van der Waals surface area contributed by atoms with Crippen LogP contribution in [0.15, 0.2) is 30.6 Å². The fourth-order valence-electron chi connectivity index (χ4n) is 3.94. The molecule has 2 aliphatic rings. The molecule has 1 atom stereocenters. The largest absolute Gasteiger partial charge is 0.393 e. The highest BCUT2D eigenvalue weighted by molar-refractivity contribution is 5.76. The van der Waals surface area contributed by atoms with Crippen molar-refractivity contribution in [1.82, 2.24) is 9.97 Å². The molecule has 0 aliphatic carbocycles. The van der Waals surface area contributed by atoms with Crippen molar-refractivity contribution in [3.05, 3.63) is 41.7 Å². The zero-order chi connectivity index (χ0) is 16.5. The van der Waals surface area contributed by atoms with E-state index < -0.39 is 0 Å². The van der Waals surface area contributed by atoms with E-state index in [2.05, 4.69) is 51.0 Å². The van der Waals surface area contributed by atoms with Gasteiger partial charge in [0.2, 0.25) is 0 Å². The van der Waals surface area contributed by atoms with E-state index in [4.69, 9.17) is 5.73 Å². The number of benzene rings is 1. The minimum Gasteiger partial charge on any atom is -0.393 e. The standard InChI is InChI=1S/C19H25N5/c1-14-5-4-9-23(11-14)18-17(20)19(22-13-21-18)24-10-8-15-6-2-3-7-16(15)12-24/h2-3,6-7,13-14H,4-5,8-12,20H2,1H3. The molecule has 2 aromatic rings. The Morgan fingerprint density at radius 1 is 1.04 bits per heavy atom. The first-order valence-electron chi connectivity index (χ1n) is 8.89. The predicted molar refractivity (Wildman–Crippen MR) is 98.3 cm³/mol. The molecule has 0 radical (unpaired) electrons. The maximum atomic E-state index is 6.50. The van der Waals surface area contributed by atoms with E-state index in [1.165, 1.54) is 24.0 Å². The van der Waals surface area contributed by atoms with Crippen LogP contribution in [0.5, 0.6) is 0 Å². The number of nitrogens with zero attached hydrogens (tertiary/aromatic N) is 4. The van der Waals surface area contributed by atoms with Gasteiger partial charge >= 0.3 is 0 Å². The maximum Gasteiger partial charge on any atom is 0.157 e. The van der Waals surface area contributed by atoms with Gasteiger partial charge in [0.1, 0.15) is 12.0 Å². The van der Waals surface area contributed by atoms with Crippen molar-refractivity contribution in [1.29, 1.82) is 0 Å². The maximum absolute atomic E-state index is 6.50. The van der Waals surface area contributed by atoms with Gasteiger partial charge in [-0.1, -0.05) is 31.2 Å².